The van der Waals surface area contributed by atoms with Gasteiger partial charge >= 0.3 is 6.09 Å². The Morgan fingerprint density at radius 1 is 1.30 bits per heavy atom. The second kappa shape index (κ2) is 8.34. The van der Waals surface area contributed by atoms with Gasteiger partial charge in [-0.1, -0.05) is 34.8 Å². The second-order valence-corrected chi connectivity index (χ2v) is 6.79. The highest BCUT2D eigenvalue weighted by atomic mass is 35.6. The number of thiocarbonyl (C=S) groups is 1. The molecule has 0 aromatic heterocycles. The molecule has 1 atom stereocenters. The van der Waals surface area contributed by atoms with E-state index in [1.165, 1.54) is 24.3 Å². The Labute approximate surface area is 151 Å². The Kier molecular flexibility index (Phi) is 7.07. The molecule has 8 nitrogen and oxygen atoms in total. The first-order chi connectivity index (χ1) is 10.6. The van der Waals surface area contributed by atoms with Gasteiger partial charge in [-0.2, -0.15) is 0 Å². The second-order valence-electron chi connectivity index (χ2n) is 4.01. The first-order valence-corrected chi connectivity index (χ1v) is 7.41. The van der Waals surface area contributed by atoms with E-state index in [-0.39, 0.29) is 10.8 Å². The number of alkyl carbamates (subject to hydrolysis) is 1. The van der Waals surface area contributed by atoms with Crippen LogP contribution >= 0.6 is 47.0 Å². The Balaban J connectivity index is 2.71. The maximum atomic E-state index is 11.2. The van der Waals surface area contributed by atoms with Crippen LogP contribution in [-0.2, 0) is 4.74 Å². The van der Waals surface area contributed by atoms with Crippen molar-refractivity contribution in [3.05, 3.63) is 34.4 Å². The van der Waals surface area contributed by atoms with Crippen LogP contribution < -0.4 is 16.0 Å². The zero-order valence-electron chi connectivity index (χ0n) is 11.5. The van der Waals surface area contributed by atoms with E-state index in [2.05, 4.69) is 20.7 Å². The standard InChI is InChI=1S/C11H11Cl3N4O4S/c1-22-10(19)17-8(11(12,13)14)16-9(23)15-6-2-4-7(5-3-6)18(20)21/h2-5,8H,1H3,(H,17,19)(H2,15,16,23)/t8-/m1/s1. The van der Waals surface area contributed by atoms with Gasteiger partial charge < -0.3 is 15.4 Å². The van der Waals surface area contributed by atoms with E-state index >= 15 is 0 Å². The number of benzene rings is 1. The van der Waals surface area contributed by atoms with Crippen molar-refractivity contribution >= 4 is 69.6 Å². The highest BCUT2D eigenvalue weighted by Crippen LogP contribution is 2.29. The fourth-order valence-corrected chi connectivity index (χ4v) is 1.90. The van der Waals surface area contributed by atoms with Crippen molar-refractivity contribution in [2.75, 3.05) is 12.4 Å². The van der Waals surface area contributed by atoms with Gasteiger partial charge in [0.25, 0.3) is 5.69 Å². The van der Waals surface area contributed by atoms with Crippen LogP contribution in [0.1, 0.15) is 0 Å². The zero-order chi connectivity index (χ0) is 17.6. The number of rotatable bonds is 4. The molecule has 126 valence electrons. The lowest BCUT2D eigenvalue weighted by atomic mass is 10.3. The van der Waals surface area contributed by atoms with E-state index in [4.69, 9.17) is 47.0 Å². The van der Waals surface area contributed by atoms with E-state index in [9.17, 15) is 14.9 Å². The van der Waals surface area contributed by atoms with Crippen molar-refractivity contribution in [2.45, 2.75) is 9.96 Å². The molecule has 0 fully saturated rings. The van der Waals surface area contributed by atoms with Crippen LogP contribution in [0.2, 0.25) is 0 Å². The molecule has 0 aliphatic carbocycles. The Morgan fingerprint density at radius 3 is 2.30 bits per heavy atom. The monoisotopic (exact) mass is 400 g/mol. The van der Waals surface area contributed by atoms with Crippen LogP contribution in [-0.4, -0.2) is 33.2 Å². The average Bonchev–Trinajstić information content (AvgIpc) is 2.45. The van der Waals surface area contributed by atoms with E-state index < -0.39 is 21.0 Å². The Hall–Kier alpha value is -1.55. The summed E-state index contributed by atoms with van der Waals surface area (Å²) in [5.41, 5.74) is 0.398. The highest BCUT2D eigenvalue weighted by molar-refractivity contribution is 7.80. The molecule has 0 spiro atoms. The summed E-state index contributed by atoms with van der Waals surface area (Å²) in [6, 6.07) is 5.49. The molecule has 0 radical (unpaired) electrons. The lowest BCUT2D eigenvalue weighted by molar-refractivity contribution is -0.384. The van der Waals surface area contributed by atoms with Crippen LogP contribution in [0.15, 0.2) is 24.3 Å². The number of nitrogens with zero attached hydrogens (tertiary/aromatic N) is 1. The van der Waals surface area contributed by atoms with E-state index in [0.29, 0.717) is 5.69 Å². The van der Waals surface area contributed by atoms with Crippen molar-refractivity contribution in [2.24, 2.45) is 0 Å². The van der Waals surface area contributed by atoms with Gasteiger partial charge in [-0.3, -0.25) is 15.4 Å². The zero-order valence-corrected chi connectivity index (χ0v) is 14.6. The van der Waals surface area contributed by atoms with Gasteiger partial charge in [0.05, 0.1) is 12.0 Å². The van der Waals surface area contributed by atoms with Crippen molar-refractivity contribution in [3.8, 4) is 0 Å². The van der Waals surface area contributed by atoms with Gasteiger partial charge in [0, 0.05) is 17.8 Å². The molecule has 1 amide bonds. The molecule has 0 heterocycles. The van der Waals surface area contributed by atoms with Gasteiger partial charge in [0.1, 0.15) is 0 Å². The van der Waals surface area contributed by atoms with Crippen molar-refractivity contribution in [3.63, 3.8) is 0 Å². The van der Waals surface area contributed by atoms with Crippen molar-refractivity contribution in [1.82, 2.24) is 10.6 Å². The summed E-state index contributed by atoms with van der Waals surface area (Å²) in [6.45, 7) is 0. The van der Waals surface area contributed by atoms with Gasteiger partial charge in [0.2, 0.25) is 3.79 Å². The number of nitrogens with one attached hydrogen (secondary N) is 3. The number of carbonyl (C=O) groups excluding carboxylic acids is 1. The van der Waals surface area contributed by atoms with E-state index in [1.807, 2.05) is 0 Å². The predicted molar refractivity (Wildman–Crippen MR) is 92.1 cm³/mol. The van der Waals surface area contributed by atoms with Crippen molar-refractivity contribution < 1.29 is 14.5 Å². The van der Waals surface area contributed by atoms with Crippen LogP contribution in [0.3, 0.4) is 0 Å². The van der Waals surface area contributed by atoms with Gasteiger partial charge in [-0.25, -0.2) is 4.79 Å². The summed E-state index contributed by atoms with van der Waals surface area (Å²) >= 11 is 22.2. The van der Waals surface area contributed by atoms with Crippen LogP contribution in [0.25, 0.3) is 0 Å². The molecule has 1 rings (SSSR count). The van der Waals surface area contributed by atoms with E-state index in [0.717, 1.165) is 7.11 Å². The molecular formula is C11H11Cl3N4O4S. The SMILES string of the molecule is COC(=O)N[C@@H](NC(=S)Nc1ccc([N+](=O)[O-])cc1)C(Cl)(Cl)Cl. The number of anilines is 1. The third kappa shape index (κ3) is 6.61. The summed E-state index contributed by atoms with van der Waals surface area (Å²) in [4.78, 5) is 21.3. The first-order valence-electron chi connectivity index (χ1n) is 5.86. The molecule has 0 aliphatic heterocycles. The highest BCUT2D eigenvalue weighted by Gasteiger charge is 2.35. The maximum absolute atomic E-state index is 11.2. The fourth-order valence-electron chi connectivity index (χ4n) is 1.34. The number of nitro groups is 1. The molecule has 0 unspecified atom stereocenters. The summed E-state index contributed by atoms with van der Waals surface area (Å²) in [5, 5.41) is 18.2. The minimum atomic E-state index is -1.91. The molecule has 1 aromatic rings. The number of non-ortho nitro benzene ring substituents is 1. The quantitative estimate of drug-likeness (QED) is 0.234. The Bertz CT molecular complexity index is 594. The molecule has 0 bridgehead atoms. The molecule has 0 saturated carbocycles. The van der Waals surface area contributed by atoms with Crippen LogP contribution in [0.5, 0.6) is 0 Å². The van der Waals surface area contributed by atoms with Gasteiger partial charge in [0.15, 0.2) is 11.3 Å². The minimum Gasteiger partial charge on any atom is -0.453 e. The molecule has 1 aromatic carbocycles. The largest absolute Gasteiger partial charge is 0.453 e. The first kappa shape index (κ1) is 19.5. The van der Waals surface area contributed by atoms with Crippen LogP contribution in [0, 0.1) is 10.1 Å². The number of hydrogen-bond acceptors (Lipinski definition) is 5. The molecule has 0 aliphatic rings. The number of hydrogen-bond donors (Lipinski definition) is 3. The summed E-state index contributed by atoms with van der Waals surface area (Å²) in [6.07, 6.45) is -2.00. The van der Waals surface area contributed by atoms with Gasteiger partial charge in [-0.15, -0.1) is 0 Å². The lowest BCUT2D eigenvalue weighted by Gasteiger charge is -2.27. The normalized spacial score (nSPS) is 12.0. The minimum absolute atomic E-state index is 0.0200. The number of halogens is 3. The number of amides is 1. The fraction of sp³-hybridized carbons (Fsp3) is 0.273. The predicted octanol–water partition coefficient (Wildman–Crippen LogP) is 2.93. The molecular weight excluding hydrogens is 391 g/mol. The summed E-state index contributed by atoms with van der Waals surface area (Å²) in [5.74, 6) is 0. The molecule has 23 heavy (non-hydrogen) atoms. The maximum Gasteiger partial charge on any atom is 0.408 e. The van der Waals surface area contributed by atoms with Crippen LogP contribution in [0.4, 0.5) is 16.2 Å². The number of carbonyl (C=O) groups is 1. The summed E-state index contributed by atoms with van der Waals surface area (Å²) in [7, 11) is 1.15. The topological polar surface area (TPSA) is 106 Å². The molecule has 0 saturated heterocycles. The number of alkyl halides is 3. The number of nitro benzene ring substituents is 1. The number of ether oxygens (including phenoxy) is 1. The molecule has 12 heteroatoms. The lowest BCUT2D eigenvalue weighted by Crippen LogP contribution is -2.56. The van der Waals surface area contributed by atoms with Gasteiger partial charge in [-0.05, 0) is 24.4 Å². The van der Waals surface area contributed by atoms with Crippen molar-refractivity contribution in [1.29, 1.82) is 0 Å². The Morgan fingerprint density at radius 2 is 1.87 bits per heavy atom. The van der Waals surface area contributed by atoms with E-state index in [1.54, 1.807) is 0 Å². The third-order valence-corrected chi connectivity index (χ3v) is 3.26. The molecule has 3 N–H and O–H groups in total. The summed E-state index contributed by atoms with van der Waals surface area (Å²) < 4.78 is 2.51. The number of methoxy groups -OCH3 is 1. The smallest absolute Gasteiger partial charge is 0.408 e. The third-order valence-electron chi connectivity index (χ3n) is 2.39. The average molecular weight is 402 g/mol.